The highest BCUT2D eigenvalue weighted by Crippen LogP contribution is 2.40. The van der Waals surface area contributed by atoms with E-state index in [-0.39, 0.29) is 36.9 Å². The predicted octanol–water partition coefficient (Wildman–Crippen LogP) is 6.88. The molecule has 3 fully saturated rings. The molecule has 2 unspecified atom stereocenters. The van der Waals surface area contributed by atoms with Crippen LogP contribution < -0.4 is 0 Å². The van der Waals surface area contributed by atoms with Crippen molar-refractivity contribution in [2.24, 2.45) is 11.8 Å². The van der Waals surface area contributed by atoms with Crippen LogP contribution in [0.15, 0.2) is 23.5 Å². The Hall–Kier alpha value is -1.41. The third-order valence-electron chi connectivity index (χ3n) is 8.23. The SMILES string of the molecule is CCCCC(C)=C(/C=C/[C@@H]1[C@@H](CCCCCCC(=O)O)[C@@H](O)C[C@H]1OC1CCCCO1)OC1CCCCO1. The summed E-state index contributed by atoms with van der Waals surface area (Å²) < 4.78 is 24.6. The van der Waals surface area contributed by atoms with Crippen molar-refractivity contribution in [3.63, 3.8) is 0 Å². The molecule has 3 aliphatic rings. The predicted molar refractivity (Wildman–Crippen MR) is 147 cm³/mol. The lowest BCUT2D eigenvalue weighted by atomic mass is 9.88. The molecule has 3 rings (SSSR count). The molecule has 0 aromatic carbocycles. The Morgan fingerprint density at radius 1 is 0.947 bits per heavy atom. The molecule has 2 heterocycles. The summed E-state index contributed by atoms with van der Waals surface area (Å²) in [7, 11) is 0. The summed E-state index contributed by atoms with van der Waals surface area (Å²) in [6, 6.07) is 0. The Morgan fingerprint density at radius 2 is 1.66 bits per heavy atom. The maximum Gasteiger partial charge on any atom is 0.303 e. The zero-order valence-corrected chi connectivity index (χ0v) is 23.8. The van der Waals surface area contributed by atoms with E-state index in [1.165, 1.54) is 5.57 Å². The first-order chi connectivity index (χ1) is 18.5. The minimum Gasteiger partial charge on any atom is -0.481 e. The molecular formula is C31H52O7. The maximum atomic E-state index is 11.1. The summed E-state index contributed by atoms with van der Waals surface area (Å²) in [5, 5.41) is 20.0. The molecule has 0 radical (unpaired) electrons. The van der Waals surface area contributed by atoms with Crippen LogP contribution in [0.25, 0.3) is 0 Å². The fourth-order valence-corrected chi connectivity index (χ4v) is 5.91. The molecule has 7 heteroatoms. The van der Waals surface area contributed by atoms with E-state index in [1.54, 1.807) is 0 Å². The second-order valence-corrected chi connectivity index (χ2v) is 11.4. The first-order valence-corrected chi connectivity index (χ1v) is 15.3. The van der Waals surface area contributed by atoms with Crippen LogP contribution in [0.5, 0.6) is 0 Å². The van der Waals surface area contributed by atoms with Crippen molar-refractivity contribution in [3.8, 4) is 0 Å². The van der Waals surface area contributed by atoms with Gasteiger partial charge in [-0.05, 0) is 82.3 Å². The average Bonchev–Trinajstić information content (AvgIpc) is 3.21. The van der Waals surface area contributed by atoms with Gasteiger partial charge in [0.05, 0.1) is 18.8 Å². The third kappa shape index (κ3) is 10.6. The standard InChI is InChI=1S/C31H52O7/c1-3-4-13-23(2)27(37-30-16-9-11-20-35-30)19-18-25-24(14-7-5-6-8-15-29(33)34)26(32)22-28(25)38-31-17-10-12-21-36-31/h18-19,24-26,28,30-32H,3-17,20-22H2,1-2H3,(H,33,34)/b19-18+,27-23?/t24-,25-,26+,28-,30?,31?/m1/s1. The van der Waals surface area contributed by atoms with Crippen LogP contribution >= 0.6 is 0 Å². The van der Waals surface area contributed by atoms with Crippen molar-refractivity contribution in [1.82, 2.24) is 0 Å². The molecule has 38 heavy (non-hydrogen) atoms. The van der Waals surface area contributed by atoms with E-state index in [1.807, 2.05) is 0 Å². The Bertz CT molecular complexity index is 737. The number of aliphatic carboxylic acids is 1. The van der Waals surface area contributed by atoms with Crippen LogP contribution in [0, 0.1) is 11.8 Å². The van der Waals surface area contributed by atoms with E-state index in [0.29, 0.717) is 12.8 Å². The van der Waals surface area contributed by atoms with Crippen LogP contribution in [-0.4, -0.2) is 54.2 Å². The molecule has 1 aliphatic carbocycles. The third-order valence-corrected chi connectivity index (χ3v) is 8.23. The quantitative estimate of drug-likeness (QED) is 0.126. The molecular weight excluding hydrogens is 484 g/mol. The van der Waals surface area contributed by atoms with E-state index >= 15 is 0 Å². The molecule has 2 N–H and O–H groups in total. The number of rotatable bonds is 16. The lowest BCUT2D eigenvalue weighted by Gasteiger charge is -2.29. The monoisotopic (exact) mass is 536 g/mol. The Kier molecular flexibility index (Phi) is 14.2. The zero-order chi connectivity index (χ0) is 27.2. The Labute approximate surface area is 229 Å². The van der Waals surface area contributed by atoms with Gasteiger partial charge in [0.15, 0.2) is 12.6 Å². The van der Waals surface area contributed by atoms with Crippen LogP contribution in [0.1, 0.15) is 117 Å². The normalized spacial score (nSPS) is 30.9. The lowest BCUT2D eigenvalue weighted by Crippen LogP contribution is -2.30. The minimum atomic E-state index is -0.731. The van der Waals surface area contributed by atoms with Crippen molar-refractivity contribution in [1.29, 1.82) is 0 Å². The van der Waals surface area contributed by atoms with Crippen molar-refractivity contribution in [2.45, 2.75) is 141 Å². The lowest BCUT2D eigenvalue weighted by molar-refractivity contribution is -0.193. The Balaban J connectivity index is 1.71. The van der Waals surface area contributed by atoms with Gasteiger partial charge in [-0.15, -0.1) is 0 Å². The van der Waals surface area contributed by atoms with Crippen LogP contribution in [0.3, 0.4) is 0 Å². The maximum absolute atomic E-state index is 11.1. The summed E-state index contributed by atoms with van der Waals surface area (Å²) in [5.41, 5.74) is 1.24. The number of allylic oxidation sites excluding steroid dienone is 2. The number of hydrogen-bond acceptors (Lipinski definition) is 6. The fraction of sp³-hybridized carbons (Fsp3) is 0.839. The molecule has 7 nitrogen and oxygen atoms in total. The topological polar surface area (TPSA) is 94.5 Å². The summed E-state index contributed by atoms with van der Waals surface area (Å²) >= 11 is 0. The minimum absolute atomic E-state index is 0.0689. The molecule has 6 atom stereocenters. The molecule has 2 saturated heterocycles. The molecule has 218 valence electrons. The van der Waals surface area contributed by atoms with Crippen LogP contribution in [0.4, 0.5) is 0 Å². The van der Waals surface area contributed by atoms with E-state index in [2.05, 4.69) is 26.0 Å². The van der Waals surface area contributed by atoms with Gasteiger partial charge < -0.3 is 29.2 Å². The van der Waals surface area contributed by atoms with Crippen LogP contribution in [0.2, 0.25) is 0 Å². The summed E-state index contributed by atoms with van der Waals surface area (Å²) in [6.45, 7) is 5.84. The molecule has 0 spiro atoms. The number of carboxylic acids is 1. The van der Waals surface area contributed by atoms with Gasteiger partial charge >= 0.3 is 5.97 Å². The Morgan fingerprint density at radius 3 is 2.32 bits per heavy atom. The highest BCUT2D eigenvalue weighted by molar-refractivity contribution is 5.66. The summed E-state index contributed by atoms with van der Waals surface area (Å²) in [5.74, 6) is 0.332. The van der Waals surface area contributed by atoms with Gasteiger partial charge in [0.2, 0.25) is 0 Å². The summed E-state index contributed by atoms with van der Waals surface area (Å²) in [6.07, 6.45) is 18.2. The van der Waals surface area contributed by atoms with Crippen molar-refractivity contribution >= 4 is 5.97 Å². The second kappa shape index (κ2) is 17.3. The smallest absolute Gasteiger partial charge is 0.303 e. The molecule has 0 bridgehead atoms. The number of carbonyl (C=O) groups is 1. The van der Waals surface area contributed by atoms with Crippen molar-refractivity contribution in [3.05, 3.63) is 23.5 Å². The first-order valence-electron chi connectivity index (χ1n) is 15.3. The number of carboxylic acid groups (broad SMARTS) is 1. The second-order valence-electron chi connectivity index (χ2n) is 11.4. The van der Waals surface area contributed by atoms with Gasteiger partial charge in [0.1, 0.15) is 5.76 Å². The van der Waals surface area contributed by atoms with Gasteiger partial charge in [0, 0.05) is 31.8 Å². The number of ether oxygens (including phenoxy) is 4. The van der Waals surface area contributed by atoms with E-state index in [4.69, 9.17) is 24.1 Å². The van der Waals surface area contributed by atoms with Gasteiger partial charge in [0.25, 0.3) is 0 Å². The van der Waals surface area contributed by atoms with Gasteiger partial charge in [-0.2, -0.15) is 0 Å². The number of unbranched alkanes of at least 4 members (excludes halogenated alkanes) is 4. The van der Waals surface area contributed by atoms with Gasteiger partial charge in [-0.3, -0.25) is 4.79 Å². The van der Waals surface area contributed by atoms with Crippen molar-refractivity contribution in [2.75, 3.05) is 13.2 Å². The van der Waals surface area contributed by atoms with E-state index in [9.17, 15) is 9.90 Å². The van der Waals surface area contributed by atoms with Gasteiger partial charge in [-0.1, -0.05) is 38.7 Å². The largest absolute Gasteiger partial charge is 0.481 e. The first kappa shape index (κ1) is 31.1. The molecule has 1 saturated carbocycles. The van der Waals surface area contributed by atoms with Gasteiger partial charge in [-0.25, -0.2) is 0 Å². The molecule has 2 aliphatic heterocycles. The molecule has 0 amide bonds. The number of aliphatic hydroxyl groups is 1. The zero-order valence-electron chi connectivity index (χ0n) is 23.8. The molecule has 0 aromatic rings. The highest BCUT2D eigenvalue weighted by atomic mass is 16.7. The number of hydrogen-bond donors (Lipinski definition) is 2. The van der Waals surface area contributed by atoms with E-state index in [0.717, 1.165) is 102 Å². The fourth-order valence-electron chi connectivity index (χ4n) is 5.91. The van der Waals surface area contributed by atoms with Crippen molar-refractivity contribution < 1.29 is 34.0 Å². The van der Waals surface area contributed by atoms with E-state index < -0.39 is 12.1 Å². The van der Waals surface area contributed by atoms with Crippen LogP contribution in [-0.2, 0) is 23.7 Å². The average molecular weight is 537 g/mol. The number of aliphatic hydroxyl groups excluding tert-OH is 1. The highest BCUT2D eigenvalue weighted by Gasteiger charge is 2.42. The summed E-state index contributed by atoms with van der Waals surface area (Å²) in [4.78, 5) is 10.8. The molecule has 0 aromatic heterocycles.